The molecule has 176 valence electrons. The van der Waals surface area contributed by atoms with Crippen molar-refractivity contribution < 1.29 is 19.1 Å². The predicted octanol–water partition coefficient (Wildman–Crippen LogP) is 4.42. The Morgan fingerprint density at radius 2 is 2.03 bits per heavy atom. The van der Waals surface area contributed by atoms with Gasteiger partial charge in [-0.05, 0) is 52.3 Å². The minimum Gasteiger partial charge on any atom is -0.483 e. The van der Waals surface area contributed by atoms with Crippen LogP contribution in [0.25, 0.3) is 0 Å². The van der Waals surface area contributed by atoms with Crippen molar-refractivity contribution in [2.24, 2.45) is 0 Å². The second kappa shape index (κ2) is 11.3. The van der Waals surface area contributed by atoms with E-state index < -0.39 is 5.97 Å². The number of esters is 1. The first-order valence-electron chi connectivity index (χ1n) is 10.6. The van der Waals surface area contributed by atoms with Crippen LogP contribution in [0.1, 0.15) is 53.6 Å². The molecule has 0 aliphatic carbocycles. The van der Waals surface area contributed by atoms with Crippen molar-refractivity contribution in [2.45, 2.75) is 52.4 Å². The summed E-state index contributed by atoms with van der Waals surface area (Å²) in [6.45, 7) is 10.3. The van der Waals surface area contributed by atoms with Crippen LogP contribution in [-0.4, -0.2) is 44.0 Å². The van der Waals surface area contributed by atoms with E-state index in [4.69, 9.17) is 9.47 Å². The monoisotopic (exact) mass is 489 g/mol. The number of hydrogen-bond acceptors (Lipinski definition) is 9. The molecule has 9 nitrogen and oxygen atoms in total. The lowest BCUT2D eigenvalue weighted by atomic mass is 10.2. The fourth-order valence-electron chi connectivity index (χ4n) is 3.07. The zero-order chi connectivity index (χ0) is 24.0. The molecule has 0 spiro atoms. The molecule has 0 saturated carbocycles. The molecule has 1 N–H and O–H groups in total. The number of hydrogen-bond donors (Lipinski definition) is 1. The highest BCUT2D eigenvalue weighted by molar-refractivity contribution is 7.99. The number of nitrogens with one attached hydrogen (secondary N) is 1. The highest BCUT2D eigenvalue weighted by Crippen LogP contribution is 2.26. The third kappa shape index (κ3) is 6.32. The van der Waals surface area contributed by atoms with E-state index in [1.165, 1.54) is 11.8 Å². The zero-order valence-corrected chi connectivity index (χ0v) is 20.9. The van der Waals surface area contributed by atoms with Crippen LogP contribution in [0.3, 0.4) is 0 Å². The SMILES string of the molecule is CCOC(=O)c1sc(NC(=O)CSc2nnc(C(C)Oc3cccc(C)c3)n2CC)nc1C. The van der Waals surface area contributed by atoms with Gasteiger partial charge in [-0.1, -0.05) is 35.2 Å². The van der Waals surface area contributed by atoms with Gasteiger partial charge in [-0.3, -0.25) is 4.79 Å². The molecule has 3 aromatic rings. The summed E-state index contributed by atoms with van der Waals surface area (Å²) in [7, 11) is 0. The molecule has 3 rings (SSSR count). The van der Waals surface area contributed by atoms with Crippen molar-refractivity contribution in [3.63, 3.8) is 0 Å². The maximum atomic E-state index is 12.5. The third-order valence-corrected chi connectivity index (χ3v) is 6.58. The number of carbonyl (C=O) groups excluding carboxylic acids is 2. The van der Waals surface area contributed by atoms with E-state index in [-0.39, 0.29) is 24.4 Å². The number of nitrogens with zero attached hydrogens (tertiary/aromatic N) is 4. The average molecular weight is 490 g/mol. The Morgan fingerprint density at radius 3 is 2.73 bits per heavy atom. The Hall–Kier alpha value is -2.92. The number of rotatable bonds is 10. The van der Waals surface area contributed by atoms with Crippen molar-refractivity contribution in [3.8, 4) is 5.75 Å². The van der Waals surface area contributed by atoms with Crippen LogP contribution in [-0.2, 0) is 16.1 Å². The summed E-state index contributed by atoms with van der Waals surface area (Å²) in [4.78, 5) is 29.0. The lowest BCUT2D eigenvalue weighted by Gasteiger charge is -2.15. The van der Waals surface area contributed by atoms with E-state index >= 15 is 0 Å². The van der Waals surface area contributed by atoms with Gasteiger partial charge in [0.15, 0.2) is 22.2 Å². The van der Waals surface area contributed by atoms with Gasteiger partial charge >= 0.3 is 5.97 Å². The van der Waals surface area contributed by atoms with Crippen LogP contribution >= 0.6 is 23.1 Å². The summed E-state index contributed by atoms with van der Waals surface area (Å²) in [5, 5.41) is 12.3. The molecule has 0 bridgehead atoms. The molecular weight excluding hydrogens is 462 g/mol. The Labute approximate surface area is 200 Å². The van der Waals surface area contributed by atoms with E-state index in [1.807, 2.05) is 49.6 Å². The van der Waals surface area contributed by atoms with Gasteiger partial charge in [0.05, 0.1) is 18.1 Å². The minimum absolute atomic E-state index is 0.124. The van der Waals surface area contributed by atoms with Crippen molar-refractivity contribution in [2.75, 3.05) is 17.7 Å². The largest absolute Gasteiger partial charge is 0.483 e. The fourth-order valence-corrected chi connectivity index (χ4v) is 4.76. The van der Waals surface area contributed by atoms with Crippen LogP contribution in [0.2, 0.25) is 0 Å². The summed E-state index contributed by atoms with van der Waals surface area (Å²) in [6, 6.07) is 7.83. The van der Waals surface area contributed by atoms with Gasteiger partial charge < -0.3 is 19.4 Å². The van der Waals surface area contributed by atoms with Crippen LogP contribution < -0.4 is 10.1 Å². The van der Waals surface area contributed by atoms with Crippen LogP contribution in [0.4, 0.5) is 5.13 Å². The van der Waals surface area contributed by atoms with Crippen molar-refractivity contribution in [1.29, 1.82) is 0 Å². The number of amides is 1. The average Bonchev–Trinajstić information content (AvgIpc) is 3.35. The Kier molecular flexibility index (Phi) is 8.45. The highest BCUT2D eigenvalue weighted by Gasteiger charge is 2.21. The van der Waals surface area contributed by atoms with Crippen molar-refractivity contribution in [1.82, 2.24) is 19.7 Å². The van der Waals surface area contributed by atoms with Crippen LogP contribution in [0, 0.1) is 13.8 Å². The smallest absolute Gasteiger partial charge is 0.350 e. The second-order valence-corrected chi connectivity index (χ2v) is 9.09. The molecule has 2 aromatic heterocycles. The molecule has 1 atom stereocenters. The summed E-state index contributed by atoms with van der Waals surface area (Å²) in [5.74, 6) is 0.895. The molecule has 2 heterocycles. The van der Waals surface area contributed by atoms with E-state index in [2.05, 4.69) is 20.5 Å². The number of aryl methyl sites for hydroxylation is 2. The molecule has 0 aliphatic heterocycles. The molecule has 1 unspecified atom stereocenters. The molecule has 33 heavy (non-hydrogen) atoms. The van der Waals surface area contributed by atoms with Gasteiger partial charge in [0.2, 0.25) is 5.91 Å². The maximum Gasteiger partial charge on any atom is 0.350 e. The quantitative estimate of drug-likeness (QED) is 0.329. The fraction of sp³-hybridized carbons (Fsp3) is 0.409. The van der Waals surface area contributed by atoms with Gasteiger partial charge in [0.1, 0.15) is 10.6 Å². The van der Waals surface area contributed by atoms with E-state index in [0.717, 1.165) is 22.6 Å². The van der Waals surface area contributed by atoms with Gasteiger partial charge in [-0.2, -0.15) is 0 Å². The summed E-state index contributed by atoms with van der Waals surface area (Å²) < 4.78 is 13.0. The normalized spacial score (nSPS) is 11.8. The molecule has 0 radical (unpaired) electrons. The maximum absolute atomic E-state index is 12.5. The van der Waals surface area contributed by atoms with E-state index in [9.17, 15) is 9.59 Å². The molecule has 0 aliphatic rings. The summed E-state index contributed by atoms with van der Waals surface area (Å²) >= 11 is 2.38. The molecule has 1 aromatic carbocycles. The number of benzene rings is 1. The lowest BCUT2D eigenvalue weighted by molar-refractivity contribution is -0.113. The first kappa shape index (κ1) is 24.7. The molecule has 1 amide bonds. The minimum atomic E-state index is -0.437. The predicted molar refractivity (Wildman–Crippen MR) is 128 cm³/mol. The Bertz CT molecular complexity index is 1130. The molecule has 0 saturated heterocycles. The van der Waals surface area contributed by atoms with Gasteiger partial charge in [0.25, 0.3) is 0 Å². The topological polar surface area (TPSA) is 108 Å². The Morgan fingerprint density at radius 1 is 1.24 bits per heavy atom. The standard InChI is InChI=1S/C22H27N5O4S2/c1-6-27-19(15(5)31-16-10-8-9-13(3)11-16)25-26-22(27)32-12-17(28)24-21-23-14(4)18(33-21)20(29)30-7-2/h8-11,15H,6-7,12H2,1-5H3,(H,23,24,28). The number of thioether (sulfide) groups is 1. The van der Waals surface area contributed by atoms with E-state index in [1.54, 1.807) is 13.8 Å². The van der Waals surface area contributed by atoms with Gasteiger partial charge in [-0.15, -0.1) is 10.2 Å². The summed E-state index contributed by atoms with van der Waals surface area (Å²) in [5.41, 5.74) is 1.64. The van der Waals surface area contributed by atoms with Crippen LogP contribution in [0.5, 0.6) is 5.75 Å². The first-order chi connectivity index (χ1) is 15.8. The first-order valence-corrected chi connectivity index (χ1v) is 12.4. The van der Waals surface area contributed by atoms with Gasteiger partial charge in [0, 0.05) is 6.54 Å². The second-order valence-electron chi connectivity index (χ2n) is 7.15. The molecular formula is C22H27N5O4S2. The van der Waals surface area contributed by atoms with Gasteiger partial charge in [-0.25, -0.2) is 9.78 Å². The number of carbonyl (C=O) groups is 2. The molecule has 0 fully saturated rings. The highest BCUT2D eigenvalue weighted by atomic mass is 32.2. The third-order valence-electron chi connectivity index (χ3n) is 4.56. The number of aromatic nitrogens is 4. The number of ether oxygens (including phenoxy) is 2. The molecule has 11 heteroatoms. The number of thiazole rings is 1. The lowest BCUT2D eigenvalue weighted by Crippen LogP contribution is -2.15. The van der Waals surface area contributed by atoms with E-state index in [0.29, 0.717) is 33.2 Å². The Balaban J connectivity index is 1.61. The summed E-state index contributed by atoms with van der Waals surface area (Å²) in [6.07, 6.45) is -0.304. The zero-order valence-electron chi connectivity index (χ0n) is 19.2. The van der Waals surface area contributed by atoms with Crippen LogP contribution in [0.15, 0.2) is 29.4 Å². The van der Waals surface area contributed by atoms with Crippen molar-refractivity contribution in [3.05, 3.63) is 46.2 Å². The number of anilines is 1. The van der Waals surface area contributed by atoms with Crippen molar-refractivity contribution >= 4 is 40.1 Å².